The Labute approximate surface area is 254 Å². The highest BCUT2D eigenvalue weighted by molar-refractivity contribution is 9.11. The van der Waals surface area contributed by atoms with Gasteiger partial charge in [0.2, 0.25) is 0 Å². The normalized spacial score (nSPS) is 10.2. The van der Waals surface area contributed by atoms with E-state index in [4.69, 9.17) is 0 Å². The molecule has 0 amide bonds. The van der Waals surface area contributed by atoms with Crippen molar-refractivity contribution in [1.29, 1.82) is 0 Å². The van der Waals surface area contributed by atoms with E-state index in [0.29, 0.717) is 0 Å². The first-order valence-electron chi connectivity index (χ1n) is 11.4. The maximum Gasteiger partial charge on any atom is 0.0705 e. The molecule has 6 aromatic heterocycles. The molecule has 37 heavy (non-hydrogen) atoms. The van der Waals surface area contributed by atoms with E-state index in [1.54, 1.807) is 11.3 Å². The van der Waals surface area contributed by atoms with Crippen LogP contribution in [0, 0.1) is 34.6 Å². The Morgan fingerprint density at radius 2 is 0.622 bits per heavy atom. The van der Waals surface area contributed by atoms with Crippen LogP contribution in [0.2, 0.25) is 0 Å². The van der Waals surface area contributed by atoms with Crippen LogP contribution in [-0.2, 0) is 0 Å². The third-order valence-electron chi connectivity index (χ3n) is 5.00. The second-order valence-electron chi connectivity index (χ2n) is 8.16. The first-order chi connectivity index (χ1) is 17.3. The standard InChI is InChI=1S/C14H12S3.C9H7BrS2.C6H8S.CH4/c1-9-3-5-11(15-9)13-7-8-14(17-13)12-6-4-10(2)16-12;1-6-2-3-7(11-6)8-4-5-9(10)12-8;1-5-3-4-6(2)7-5;/h3-8H,1-2H3;2-5H,1H3;3-4H,1-2H3;1H4. The van der Waals surface area contributed by atoms with Gasteiger partial charge in [0.25, 0.3) is 0 Å². The van der Waals surface area contributed by atoms with Gasteiger partial charge in [-0.15, -0.1) is 68.0 Å². The van der Waals surface area contributed by atoms with Gasteiger partial charge in [0.05, 0.1) is 3.79 Å². The lowest BCUT2D eigenvalue weighted by atomic mass is 10.3. The molecule has 0 saturated carbocycles. The van der Waals surface area contributed by atoms with Crippen molar-refractivity contribution >= 4 is 84.0 Å². The van der Waals surface area contributed by atoms with Gasteiger partial charge in [-0.3, -0.25) is 0 Å². The molecular formula is C30H31BrS6. The van der Waals surface area contributed by atoms with E-state index in [2.05, 4.69) is 123 Å². The van der Waals surface area contributed by atoms with Gasteiger partial charge >= 0.3 is 0 Å². The van der Waals surface area contributed by atoms with Gasteiger partial charge < -0.3 is 0 Å². The highest BCUT2D eigenvalue weighted by Crippen LogP contribution is 2.39. The zero-order chi connectivity index (χ0) is 25.7. The summed E-state index contributed by atoms with van der Waals surface area (Å²) >= 11 is 14.6. The zero-order valence-electron chi connectivity index (χ0n) is 20.8. The molecule has 0 aromatic carbocycles. The molecule has 194 valence electrons. The molecule has 7 heteroatoms. The summed E-state index contributed by atoms with van der Waals surface area (Å²) in [7, 11) is 0. The summed E-state index contributed by atoms with van der Waals surface area (Å²) in [6.07, 6.45) is 0. The second kappa shape index (κ2) is 14.2. The lowest BCUT2D eigenvalue weighted by Gasteiger charge is -1.90. The van der Waals surface area contributed by atoms with Crippen LogP contribution in [0.5, 0.6) is 0 Å². The van der Waals surface area contributed by atoms with Crippen molar-refractivity contribution in [3.05, 3.63) is 101 Å². The van der Waals surface area contributed by atoms with E-state index < -0.39 is 0 Å². The maximum atomic E-state index is 3.46. The molecule has 0 radical (unpaired) electrons. The summed E-state index contributed by atoms with van der Waals surface area (Å²) in [5.74, 6) is 0. The molecule has 6 rings (SSSR count). The predicted molar refractivity (Wildman–Crippen MR) is 181 cm³/mol. The van der Waals surface area contributed by atoms with E-state index in [0.717, 1.165) is 0 Å². The van der Waals surface area contributed by atoms with E-state index >= 15 is 0 Å². The van der Waals surface area contributed by atoms with E-state index in [1.807, 2.05) is 56.7 Å². The Hall–Kier alpha value is -1.32. The zero-order valence-corrected chi connectivity index (χ0v) is 27.2. The van der Waals surface area contributed by atoms with Crippen LogP contribution < -0.4 is 0 Å². The van der Waals surface area contributed by atoms with Crippen molar-refractivity contribution in [2.45, 2.75) is 42.0 Å². The molecule has 0 bridgehead atoms. The van der Waals surface area contributed by atoms with Gasteiger partial charge in [-0.2, -0.15) is 0 Å². The average molecular weight is 664 g/mol. The summed E-state index contributed by atoms with van der Waals surface area (Å²) in [6, 6.07) is 26.1. The lowest BCUT2D eigenvalue weighted by molar-refractivity contribution is 1.61. The Balaban J connectivity index is 0.000000166. The van der Waals surface area contributed by atoms with Crippen LogP contribution in [-0.4, -0.2) is 0 Å². The van der Waals surface area contributed by atoms with E-state index in [1.165, 1.54) is 57.4 Å². The molecule has 0 N–H and O–H groups in total. The molecule has 0 nitrogen and oxygen atoms in total. The summed E-state index contributed by atoms with van der Waals surface area (Å²) in [5, 5.41) is 0. The molecule has 6 aromatic rings. The summed E-state index contributed by atoms with van der Waals surface area (Å²) < 4.78 is 1.20. The highest BCUT2D eigenvalue weighted by Gasteiger charge is 2.08. The Morgan fingerprint density at radius 3 is 0.892 bits per heavy atom. The fourth-order valence-corrected chi connectivity index (χ4v) is 9.35. The smallest absolute Gasteiger partial charge is 0.0705 e. The molecule has 0 unspecified atom stereocenters. The predicted octanol–water partition coefficient (Wildman–Crippen LogP) is 13.4. The van der Waals surface area contributed by atoms with E-state index in [-0.39, 0.29) is 7.43 Å². The molecule has 0 fully saturated rings. The first kappa shape index (κ1) is 30.2. The van der Waals surface area contributed by atoms with Crippen LogP contribution in [0.1, 0.15) is 31.8 Å². The summed E-state index contributed by atoms with van der Waals surface area (Å²) in [4.78, 5) is 15.2. The lowest BCUT2D eigenvalue weighted by Crippen LogP contribution is -1.57. The van der Waals surface area contributed by atoms with Crippen LogP contribution in [0.3, 0.4) is 0 Å². The molecule has 0 saturated heterocycles. The van der Waals surface area contributed by atoms with Crippen LogP contribution in [0.15, 0.2) is 76.6 Å². The number of hydrogen-bond acceptors (Lipinski definition) is 6. The van der Waals surface area contributed by atoms with Crippen molar-refractivity contribution in [1.82, 2.24) is 0 Å². The monoisotopic (exact) mass is 662 g/mol. The van der Waals surface area contributed by atoms with Gasteiger partial charge in [-0.1, -0.05) is 7.43 Å². The number of rotatable bonds is 3. The quantitative estimate of drug-likeness (QED) is 0.177. The fraction of sp³-hybridized carbons (Fsp3) is 0.200. The SMILES string of the molecule is C.Cc1ccc(-c2ccc(-c3ccc(C)s3)s2)s1.Cc1ccc(-c2ccc(Br)s2)s1.Cc1ccc(C)s1. The van der Waals surface area contributed by atoms with Crippen molar-refractivity contribution in [2.24, 2.45) is 0 Å². The largest absolute Gasteiger partial charge is 0.146 e. The Kier molecular flexibility index (Phi) is 11.6. The molecule has 0 aliphatic rings. The minimum atomic E-state index is 0. The topological polar surface area (TPSA) is 0 Å². The minimum Gasteiger partial charge on any atom is -0.146 e. The van der Waals surface area contributed by atoms with Gasteiger partial charge in [-0.25, -0.2) is 0 Å². The molecule has 6 heterocycles. The Morgan fingerprint density at radius 1 is 0.351 bits per heavy atom. The van der Waals surface area contributed by atoms with Crippen molar-refractivity contribution in [3.63, 3.8) is 0 Å². The van der Waals surface area contributed by atoms with Gasteiger partial charge in [-0.05, 0) is 123 Å². The molecule has 0 spiro atoms. The number of hydrogen-bond donors (Lipinski definition) is 0. The van der Waals surface area contributed by atoms with E-state index in [9.17, 15) is 0 Å². The molecule has 0 aliphatic carbocycles. The maximum absolute atomic E-state index is 3.46. The molecule has 0 aliphatic heterocycles. The number of thiophene rings is 6. The highest BCUT2D eigenvalue weighted by atomic mass is 79.9. The van der Waals surface area contributed by atoms with Crippen LogP contribution in [0.25, 0.3) is 29.3 Å². The van der Waals surface area contributed by atoms with Gasteiger partial charge in [0.1, 0.15) is 0 Å². The third kappa shape index (κ3) is 8.85. The van der Waals surface area contributed by atoms with Crippen LogP contribution >= 0.6 is 84.0 Å². The van der Waals surface area contributed by atoms with Crippen molar-refractivity contribution < 1.29 is 0 Å². The van der Waals surface area contributed by atoms with Crippen LogP contribution in [0.4, 0.5) is 0 Å². The number of halogens is 1. The Bertz CT molecular complexity index is 1410. The second-order valence-corrected chi connectivity index (χ2v) is 17.1. The minimum absolute atomic E-state index is 0. The molecular weight excluding hydrogens is 633 g/mol. The first-order valence-corrected chi connectivity index (χ1v) is 17.0. The fourth-order valence-electron chi connectivity index (χ4n) is 3.31. The van der Waals surface area contributed by atoms with Gasteiger partial charge in [0.15, 0.2) is 0 Å². The third-order valence-corrected chi connectivity index (χ3v) is 12.2. The van der Waals surface area contributed by atoms with Crippen molar-refractivity contribution in [2.75, 3.05) is 0 Å². The summed E-state index contributed by atoms with van der Waals surface area (Å²) in [6.45, 7) is 10.7. The average Bonchev–Trinajstić information content (AvgIpc) is 3.64. The van der Waals surface area contributed by atoms with Crippen molar-refractivity contribution in [3.8, 4) is 29.3 Å². The summed E-state index contributed by atoms with van der Waals surface area (Å²) in [5.41, 5.74) is 0. The van der Waals surface area contributed by atoms with Gasteiger partial charge in [0, 0.05) is 53.6 Å². The molecule has 0 atom stereocenters. The number of aryl methyl sites for hydroxylation is 5.